The molecule has 0 saturated carbocycles. The Bertz CT molecular complexity index is 239. The molecule has 0 aliphatic rings. The van der Waals surface area contributed by atoms with Crippen molar-refractivity contribution in [1.82, 2.24) is 9.55 Å². The Morgan fingerprint density at radius 3 is 2.15 bits per heavy atom. The van der Waals surface area contributed by atoms with Crippen molar-refractivity contribution in [2.75, 3.05) is 0 Å². The van der Waals surface area contributed by atoms with Gasteiger partial charge in [-0.15, -0.1) is 0 Å². The van der Waals surface area contributed by atoms with Crippen LogP contribution in [0.4, 0.5) is 0 Å². The monoisotopic (exact) mass is 290 g/mol. The van der Waals surface area contributed by atoms with Crippen LogP contribution in [0.2, 0.25) is 0 Å². The fourth-order valence-corrected chi connectivity index (χ4v) is 0.780. The Labute approximate surface area is 94.1 Å². The van der Waals surface area contributed by atoms with E-state index in [-0.39, 0.29) is 0 Å². The number of imidazole rings is 1. The Hall–Kier alpha value is 0.546. The molecule has 0 aliphatic heterocycles. The third-order valence-corrected chi connectivity index (χ3v) is 1.23. The first-order valence-corrected chi connectivity index (χ1v) is 7.54. The van der Waals surface area contributed by atoms with Gasteiger partial charge in [0.05, 0.1) is 0 Å². The predicted octanol–water partition coefficient (Wildman–Crippen LogP) is 2.54. The first-order valence-electron chi connectivity index (χ1n) is 3.25. The molecule has 7 heteroatoms. The standard InChI is InChI=1S/C6H10N2O.3ClH.Co/c1-5(9)6-7-3-4-8(6)2;;;;/h3-5,9H,1-2H3;3*1H;/q;;;;+3/p-3. The molecule has 0 amide bonds. The number of hydrogen-bond donors (Lipinski definition) is 1. The third-order valence-electron chi connectivity index (χ3n) is 1.23. The summed E-state index contributed by atoms with van der Waals surface area (Å²) in [6.45, 7) is 1.70. The molecular weight excluding hydrogens is 281 g/mol. The minimum absolute atomic E-state index is 0.468. The summed E-state index contributed by atoms with van der Waals surface area (Å²) in [6.07, 6.45) is 3.01. The van der Waals surface area contributed by atoms with Crippen molar-refractivity contribution < 1.29 is 16.1 Å². The number of halogens is 3. The van der Waals surface area contributed by atoms with Gasteiger partial charge in [0.2, 0.25) is 0 Å². The first kappa shape index (κ1) is 13.5. The fraction of sp³-hybridized carbons (Fsp3) is 0.500. The van der Waals surface area contributed by atoms with Crippen molar-refractivity contribution in [3.8, 4) is 0 Å². The van der Waals surface area contributed by atoms with E-state index in [0.717, 1.165) is 0 Å². The molecule has 1 rings (SSSR count). The molecule has 1 atom stereocenters. The van der Waals surface area contributed by atoms with Gasteiger partial charge in [0.1, 0.15) is 11.9 Å². The third kappa shape index (κ3) is 6.60. The molecule has 0 fully saturated rings. The molecule has 0 saturated heterocycles. The van der Waals surface area contributed by atoms with Crippen molar-refractivity contribution in [2.45, 2.75) is 13.0 Å². The van der Waals surface area contributed by atoms with E-state index in [9.17, 15) is 0 Å². The van der Waals surface area contributed by atoms with Gasteiger partial charge < -0.3 is 9.67 Å². The summed E-state index contributed by atoms with van der Waals surface area (Å²) in [5.41, 5.74) is 0. The van der Waals surface area contributed by atoms with Crippen molar-refractivity contribution in [3.63, 3.8) is 0 Å². The Morgan fingerprint density at radius 2 is 2.00 bits per heavy atom. The summed E-state index contributed by atoms with van der Waals surface area (Å²) in [6, 6.07) is 0. The summed E-state index contributed by atoms with van der Waals surface area (Å²) >= 11 is 0. The molecule has 1 heterocycles. The molecule has 1 aromatic heterocycles. The van der Waals surface area contributed by atoms with Gasteiger partial charge >= 0.3 is 41.4 Å². The number of aryl methyl sites for hydroxylation is 1. The number of aromatic nitrogens is 2. The van der Waals surface area contributed by atoms with Crippen molar-refractivity contribution in [2.24, 2.45) is 7.05 Å². The molecule has 0 bridgehead atoms. The SMILES string of the molecule is CC(O)c1nccn1C.[Cl][Co]([Cl])[Cl]. The molecule has 0 aliphatic carbocycles. The van der Waals surface area contributed by atoms with E-state index in [1.807, 2.05) is 13.2 Å². The molecule has 1 aromatic rings. The van der Waals surface area contributed by atoms with E-state index in [4.69, 9.17) is 35.5 Å². The van der Waals surface area contributed by atoms with Crippen LogP contribution in [0.1, 0.15) is 18.9 Å². The second-order valence-corrected chi connectivity index (χ2v) is 7.37. The van der Waals surface area contributed by atoms with Gasteiger partial charge in [-0.05, 0) is 6.92 Å². The number of aliphatic hydroxyl groups excluding tert-OH is 1. The topological polar surface area (TPSA) is 38.1 Å². The normalized spacial score (nSPS) is 12.9. The summed E-state index contributed by atoms with van der Waals surface area (Å²) in [4.78, 5) is 3.93. The Kier molecular flexibility index (Phi) is 7.21. The second kappa shape index (κ2) is 6.92. The van der Waals surface area contributed by atoms with E-state index in [2.05, 4.69) is 4.98 Å². The summed E-state index contributed by atoms with van der Waals surface area (Å²) in [7, 11) is 15.3. The predicted molar refractivity (Wildman–Crippen MR) is 51.4 cm³/mol. The van der Waals surface area contributed by atoms with Crippen LogP contribution in [0.3, 0.4) is 0 Å². The van der Waals surface area contributed by atoms with Crippen LogP contribution in [0.25, 0.3) is 0 Å². The summed E-state index contributed by atoms with van der Waals surface area (Å²) in [5.74, 6) is 0.704. The van der Waals surface area contributed by atoms with Gasteiger partial charge in [-0.2, -0.15) is 0 Å². The quantitative estimate of drug-likeness (QED) is 0.863. The van der Waals surface area contributed by atoms with Crippen LogP contribution in [0.5, 0.6) is 0 Å². The maximum atomic E-state index is 9.01. The van der Waals surface area contributed by atoms with Crippen LogP contribution in [0, 0.1) is 0 Å². The van der Waals surface area contributed by atoms with Gasteiger partial charge in [-0.25, -0.2) is 4.98 Å². The van der Waals surface area contributed by atoms with E-state index in [1.54, 1.807) is 17.7 Å². The molecule has 0 radical (unpaired) electrons. The molecule has 80 valence electrons. The fourth-order valence-electron chi connectivity index (χ4n) is 0.780. The van der Waals surface area contributed by atoms with Gasteiger partial charge in [0.25, 0.3) is 0 Å². The zero-order valence-corrected chi connectivity index (χ0v) is 10.3. The van der Waals surface area contributed by atoms with Crippen LogP contribution in [0.15, 0.2) is 12.4 Å². The molecule has 1 unspecified atom stereocenters. The number of hydrogen-bond acceptors (Lipinski definition) is 2. The minimum atomic E-state index is -1.19. The van der Waals surface area contributed by atoms with Gasteiger partial charge in [0, 0.05) is 19.4 Å². The van der Waals surface area contributed by atoms with E-state index >= 15 is 0 Å². The van der Waals surface area contributed by atoms with Crippen molar-refractivity contribution in [1.29, 1.82) is 0 Å². The zero-order chi connectivity index (χ0) is 10.4. The maximum absolute atomic E-state index is 9.01. The van der Waals surface area contributed by atoms with Gasteiger partial charge in [-0.3, -0.25) is 0 Å². The van der Waals surface area contributed by atoms with Crippen LogP contribution in [-0.2, 0) is 18.0 Å². The molecule has 0 aromatic carbocycles. The summed E-state index contributed by atoms with van der Waals surface area (Å²) in [5, 5.41) is 9.01. The molecule has 0 spiro atoms. The first-order chi connectivity index (χ1) is 5.95. The molecular formula is C6H10Cl3CoN2O. The zero-order valence-electron chi connectivity index (χ0n) is 7.04. The van der Waals surface area contributed by atoms with Gasteiger partial charge in [0.15, 0.2) is 0 Å². The van der Waals surface area contributed by atoms with Crippen LogP contribution in [-0.4, -0.2) is 14.7 Å². The van der Waals surface area contributed by atoms with E-state index < -0.39 is 17.1 Å². The molecule has 13 heavy (non-hydrogen) atoms. The average Bonchev–Trinajstić information content (AvgIpc) is 2.33. The number of nitrogens with zero attached hydrogens (tertiary/aromatic N) is 2. The Balaban J connectivity index is 0.000000310. The van der Waals surface area contributed by atoms with Gasteiger partial charge in [-0.1, -0.05) is 0 Å². The van der Waals surface area contributed by atoms with E-state index in [0.29, 0.717) is 5.82 Å². The number of aliphatic hydroxyl groups is 1. The average molecular weight is 291 g/mol. The van der Waals surface area contributed by atoms with Crippen LogP contribution >= 0.6 is 30.4 Å². The van der Waals surface area contributed by atoms with Crippen molar-refractivity contribution in [3.05, 3.63) is 18.2 Å². The Morgan fingerprint density at radius 1 is 1.54 bits per heavy atom. The van der Waals surface area contributed by atoms with Crippen molar-refractivity contribution >= 4 is 30.4 Å². The molecule has 1 N–H and O–H groups in total. The van der Waals surface area contributed by atoms with Crippen LogP contribution < -0.4 is 0 Å². The molecule has 3 nitrogen and oxygen atoms in total. The summed E-state index contributed by atoms with van der Waals surface area (Å²) < 4.78 is 1.80. The second-order valence-electron chi connectivity index (χ2n) is 2.22. The number of rotatable bonds is 1. The van der Waals surface area contributed by atoms with E-state index in [1.165, 1.54) is 0 Å².